The molecule has 180 valence electrons. The second kappa shape index (κ2) is 9.21. The van der Waals surface area contributed by atoms with Gasteiger partial charge in [-0.2, -0.15) is 30.6 Å². The van der Waals surface area contributed by atoms with Gasteiger partial charge in [-0.3, -0.25) is 4.79 Å². The minimum absolute atomic E-state index is 0.0328. The summed E-state index contributed by atoms with van der Waals surface area (Å²) in [5.74, 6) is -0.500. The molecule has 33 heavy (non-hydrogen) atoms. The number of ether oxygens (including phenoxy) is 1. The summed E-state index contributed by atoms with van der Waals surface area (Å²) < 4.78 is 106. The fourth-order valence-corrected chi connectivity index (χ4v) is 4.56. The number of nitrogens with zero attached hydrogens (tertiary/aromatic N) is 2. The van der Waals surface area contributed by atoms with Crippen molar-refractivity contribution >= 4 is 15.9 Å². The van der Waals surface area contributed by atoms with E-state index in [0.717, 1.165) is 16.4 Å². The molecule has 6 nitrogen and oxygen atoms in total. The molecule has 1 heterocycles. The highest BCUT2D eigenvalue weighted by Gasteiger charge is 2.33. The Morgan fingerprint density at radius 3 is 1.88 bits per heavy atom. The maximum Gasteiger partial charge on any atom is 0.422 e. The van der Waals surface area contributed by atoms with Gasteiger partial charge in [-0.25, -0.2) is 8.42 Å². The largest absolute Gasteiger partial charge is 0.484 e. The fraction of sp³-hybridized carbons (Fsp3) is 0.350. The number of carbonyl (C=O) groups excluding carboxylic acids is 1. The first-order valence-corrected chi connectivity index (χ1v) is 11.0. The average molecular weight is 496 g/mol. The van der Waals surface area contributed by atoms with E-state index in [0.29, 0.717) is 12.1 Å². The van der Waals surface area contributed by atoms with Crippen molar-refractivity contribution in [1.29, 1.82) is 0 Å². The summed E-state index contributed by atoms with van der Waals surface area (Å²) in [5, 5.41) is 0. The lowest BCUT2D eigenvalue weighted by atomic mass is 10.2. The van der Waals surface area contributed by atoms with E-state index in [1.165, 1.54) is 29.2 Å². The molecule has 0 radical (unpaired) electrons. The van der Waals surface area contributed by atoms with Crippen LogP contribution in [-0.4, -0.2) is 62.5 Å². The third-order valence-corrected chi connectivity index (χ3v) is 6.76. The van der Waals surface area contributed by atoms with Crippen molar-refractivity contribution in [3.8, 4) is 5.75 Å². The van der Waals surface area contributed by atoms with Crippen LogP contribution in [0.4, 0.5) is 26.3 Å². The first-order chi connectivity index (χ1) is 15.3. The van der Waals surface area contributed by atoms with E-state index in [2.05, 4.69) is 4.74 Å². The third-order valence-electron chi connectivity index (χ3n) is 4.85. The van der Waals surface area contributed by atoms with Gasteiger partial charge < -0.3 is 9.64 Å². The van der Waals surface area contributed by atoms with Crippen molar-refractivity contribution in [2.45, 2.75) is 17.2 Å². The third kappa shape index (κ3) is 6.16. The number of carbonyl (C=O) groups is 1. The molecular weight excluding hydrogens is 478 g/mol. The number of sulfonamides is 1. The van der Waals surface area contributed by atoms with Gasteiger partial charge in [0.15, 0.2) is 6.61 Å². The van der Waals surface area contributed by atoms with Gasteiger partial charge in [0.25, 0.3) is 5.91 Å². The molecule has 2 aromatic rings. The van der Waals surface area contributed by atoms with Crippen LogP contribution in [0.25, 0.3) is 0 Å². The first kappa shape index (κ1) is 24.8. The highest BCUT2D eigenvalue weighted by molar-refractivity contribution is 7.89. The van der Waals surface area contributed by atoms with Crippen LogP contribution in [0, 0.1) is 0 Å². The lowest BCUT2D eigenvalue weighted by Gasteiger charge is -2.34. The van der Waals surface area contributed by atoms with E-state index >= 15 is 0 Å². The molecule has 1 saturated heterocycles. The lowest BCUT2D eigenvalue weighted by molar-refractivity contribution is -0.153. The van der Waals surface area contributed by atoms with E-state index in [-0.39, 0.29) is 42.4 Å². The molecule has 0 unspecified atom stereocenters. The van der Waals surface area contributed by atoms with Crippen LogP contribution in [0.1, 0.15) is 15.9 Å². The number of hydrogen-bond donors (Lipinski definition) is 0. The number of amides is 1. The Morgan fingerprint density at radius 2 is 1.39 bits per heavy atom. The number of rotatable bonds is 5. The summed E-state index contributed by atoms with van der Waals surface area (Å²) in [7, 11) is -4.04. The summed E-state index contributed by atoms with van der Waals surface area (Å²) in [6.45, 7) is -1.53. The van der Waals surface area contributed by atoms with E-state index in [9.17, 15) is 39.6 Å². The van der Waals surface area contributed by atoms with Crippen LogP contribution >= 0.6 is 0 Å². The van der Waals surface area contributed by atoms with Crippen molar-refractivity contribution in [3.63, 3.8) is 0 Å². The molecule has 1 aliphatic heterocycles. The zero-order chi connectivity index (χ0) is 24.4. The lowest BCUT2D eigenvalue weighted by Crippen LogP contribution is -2.50. The fourth-order valence-electron chi connectivity index (χ4n) is 3.14. The molecule has 13 heteroatoms. The molecular formula is C20H18F6N2O4S. The minimum Gasteiger partial charge on any atom is -0.484 e. The van der Waals surface area contributed by atoms with E-state index in [4.69, 9.17) is 0 Å². The summed E-state index contributed by atoms with van der Waals surface area (Å²) in [4.78, 5) is 13.7. The summed E-state index contributed by atoms with van der Waals surface area (Å²) in [5.41, 5.74) is -0.778. The van der Waals surface area contributed by atoms with Gasteiger partial charge in [-0.05, 0) is 48.5 Å². The first-order valence-electron chi connectivity index (χ1n) is 9.54. The summed E-state index contributed by atoms with van der Waals surface area (Å²) in [6.07, 6.45) is -9.08. The summed E-state index contributed by atoms with van der Waals surface area (Å²) >= 11 is 0. The van der Waals surface area contributed by atoms with Gasteiger partial charge >= 0.3 is 12.4 Å². The van der Waals surface area contributed by atoms with Crippen molar-refractivity contribution in [3.05, 3.63) is 59.7 Å². The molecule has 0 spiro atoms. The van der Waals surface area contributed by atoms with Gasteiger partial charge in [0.1, 0.15) is 5.75 Å². The van der Waals surface area contributed by atoms with Gasteiger partial charge in [0.2, 0.25) is 10.0 Å². The standard InChI is InChI=1S/C20H18F6N2O4S/c21-19(22,23)13-32-16-5-1-14(2-6-16)18(29)27-9-11-28(12-10-27)33(30,31)17-7-3-15(4-8-17)20(24,25)26/h1-8H,9-13H2. The van der Waals surface area contributed by atoms with Gasteiger partial charge in [-0.15, -0.1) is 0 Å². The van der Waals surface area contributed by atoms with Crippen molar-refractivity contribution in [2.24, 2.45) is 0 Å². The zero-order valence-corrected chi connectivity index (χ0v) is 17.7. The molecule has 0 N–H and O–H groups in total. The number of alkyl halides is 6. The molecule has 3 rings (SSSR count). The second-order valence-electron chi connectivity index (χ2n) is 7.15. The zero-order valence-electron chi connectivity index (χ0n) is 16.9. The van der Waals surface area contributed by atoms with Crippen LogP contribution in [0.5, 0.6) is 5.75 Å². The van der Waals surface area contributed by atoms with Gasteiger partial charge in [-0.1, -0.05) is 0 Å². The van der Waals surface area contributed by atoms with E-state index in [1.807, 2.05) is 0 Å². The van der Waals surface area contributed by atoms with Crippen LogP contribution in [0.15, 0.2) is 53.4 Å². The molecule has 0 aromatic heterocycles. The maximum absolute atomic E-state index is 12.7. The Morgan fingerprint density at radius 1 is 0.848 bits per heavy atom. The van der Waals surface area contributed by atoms with Crippen LogP contribution in [0.2, 0.25) is 0 Å². The van der Waals surface area contributed by atoms with Crippen molar-refractivity contribution in [1.82, 2.24) is 9.21 Å². The van der Waals surface area contributed by atoms with Crippen molar-refractivity contribution in [2.75, 3.05) is 32.8 Å². The molecule has 0 atom stereocenters. The number of benzene rings is 2. The highest BCUT2D eigenvalue weighted by atomic mass is 32.2. The van der Waals surface area contributed by atoms with Crippen LogP contribution in [-0.2, 0) is 16.2 Å². The molecule has 2 aromatic carbocycles. The quantitative estimate of drug-likeness (QED) is 0.591. The highest BCUT2D eigenvalue weighted by Crippen LogP contribution is 2.30. The molecule has 0 bridgehead atoms. The topological polar surface area (TPSA) is 66.9 Å². The number of halogens is 6. The normalized spacial score (nSPS) is 16.0. The molecule has 0 aliphatic carbocycles. The Balaban J connectivity index is 1.60. The Hall–Kier alpha value is -2.80. The predicted molar refractivity (Wildman–Crippen MR) is 104 cm³/mol. The average Bonchev–Trinajstić information content (AvgIpc) is 2.76. The van der Waals surface area contributed by atoms with Gasteiger partial charge in [0.05, 0.1) is 10.5 Å². The van der Waals surface area contributed by atoms with Crippen LogP contribution in [0.3, 0.4) is 0 Å². The summed E-state index contributed by atoms with van der Waals surface area (Å²) in [6, 6.07) is 8.22. The SMILES string of the molecule is O=C(c1ccc(OCC(F)(F)F)cc1)N1CCN(S(=O)(=O)c2ccc(C(F)(F)F)cc2)CC1. The number of piperazine rings is 1. The monoisotopic (exact) mass is 496 g/mol. The second-order valence-corrected chi connectivity index (χ2v) is 9.08. The minimum atomic E-state index is -4.59. The van der Waals surface area contributed by atoms with Crippen molar-refractivity contribution < 1.29 is 44.3 Å². The number of hydrogen-bond acceptors (Lipinski definition) is 4. The maximum atomic E-state index is 12.7. The Labute approximate surface area is 185 Å². The Bertz CT molecular complexity index is 1080. The van der Waals surface area contributed by atoms with E-state index in [1.54, 1.807) is 0 Å². The molecule has 1 amide bonds. The Kier molecular flexibility index (Phi) is 6.93. The molecule has 1 fully saturated rings. The van der Waals surface area contributed by atoms with Gasteiger partial charge in [0, 0.05) is 31.7 Å². The predicted octanol–water partition coefficient (Wildman–Crippen LogP) is 3.79. The smallest absolute Gasteiger partial charge is 0.422 e. The molecule has 0 saturated carbocycles. The molecule has 1 aliphatic rings. The van der Waals surface area contributed by atoms with Crippen LogP contribution < -0.4 is 4.74 Å². The van der Waals surface area contributed by atoms with E-state index < -0.39 is 40.5 Å².